The van der Waals surface area contributed by atoms with Gasteiger partial charge in [0, 0.05) is 32.1 Å². The van der Waals surface area contributed by atoms with Crippen LogP contribution in [0, 0.1) is 5.92 Å². The second kappa shape index (κ2) is 10.0. The zero-order valence-corrected chi connectivity index (χ0v) is 20.8. The highest BCUT2D eigenvalue weighted by Crippen LogP contribution is 2.44. The van der Waals surface area contributed by atoms with Gasteiger partial charge in [-0.05, 0) is 74.4 Å². The standard InChI is InChI=1S/C27H28F3NO3S/c1-5-17-8-10-19(20(6-2)31-17)24-13-16-7-9-18(14-23(16)35-24)33-21-11-12-22(25(21)27(28,29)30)34-26(32)15(3)4/h7-10,13-14,21-22,25H,3,5-6,11-12H2,1-2,4H3. The van der Waals surface area contributed by atoms with Crippen LogP contribution in [0.1, 0.15) is 45.0 Å². The predicted molar refractivity (Wildman–Crippen MR) is 132 cm³/mol. The summed E-state index contributed by atoms with van der Waals surface area (Å²) in [4.78, 5) is 17.7. The zero-order chi connectivity index (χ0) is 25.3. The number of hydrogen-bond donors (Lipinski definition) is 0. The lowest BCUT2D eigenvalue weighted by atomic mass is 10.0. The number of thiophene rings is 1. The van der Waals surface area contributed by atoms with E-state index in [1.807, 2.05) is 12.1 Å². The summed E-state index contributed by atoms with van der Waals surface area (Å²) in [6, 6.07) is 11.5. The number of alkyl halides is 3. The number of nitrogens with zero attached hydrogens (tertiary/aromatic N) is 1. The van der Waals surface area contributed by atoms with E-state index in [1.54, 1.807) is 23.5 Å². The van der Waals surface area contributed by atoms with Gasteiger partial charge < -0.3 is 9.47 Å². The Morgan fingerprint density at radius 3 is 2.51 bits per heavy atom. The largest absolute Gasteiger partial charge is 0.490 e. The van der Waals surface area contributed by atoms with Crippen molar-refractivity contribution >= 4 is 27.4 Å². The topological polar surface area (TPSA) is 48.4 Å². The van der Waals surface area contributed by atoms with Crippen LogP contribution in [0.3, 0.4) is 0 Å². The van der Waals surface area contributed by atoms with Gasteiger partial charge >= 0.3 is 12.1 Å². The Labute approximate surface area is 206 Å². The Kier molecular flexibility index (Phi) is 7.22. The summed E-state index contributed by atoms with van der Waals surface area (Å²) < 4.78 is 53.5. The van der Waals surface area contributed by atoms with Crippen LogP contribution in [-0.2, 0) is 22.4 Å². The molecular weight excluding hydrogens is 475 g/mol. The fourth-order valence-electron chi connectivity index (χ4n) is 4.48. The van der Waals surface area contributed by atoms with Crippen molar-refractivity contribution in [3.63, 3.8) is 0 Å². The number of fused-ring (bicyclic) bond motifs is 1. The Morgan fingerprint density at radius 2 is 1.86 bits per heavy atom. The van der Waals surface area contributed by atoms with Gasteiger partial charge in [0.05, 0.1) is 0 Å². The molecule has 3 aromatic rings. The monoisotopic (exact) mass is 503 g/mol. The molecule has 0 bridgehead atoms. The number of carbonyl (C=O) groups is 1. The van der Waals surface area contributed by atoms with Crippen LogP contribution >= 0.6 is 11.3 Å². The number of rotatable bonds is 7. The summed E-state index contributed by atoms with van der Waals surface area (Å²) in [5, 5.41) is 0.992. The maximum absolute atomic E-state index is 13.9. The lowest BCUT2D eigenvalue weighted by molar-refractivity contribution is -0.215. The minimum atomic E-state index is -4.56. The molecule has 0 spiro atoms. The van der Waals surface area contributed by atoms with Gasteiger partial charge in [0.25, 0.3) is 0 Å². The number of halogens is 3. The fraction of sp³-hybridized carbons (Fsp3) is 0.407. The van der Waals surface area contributed by atoms with Crippen molar-refractivity contribution in [3.8, 4) is 16.2 Å². The minimum absolute atomic E-state index is 0.0695. The fourth-order valence-corrected chi connectivity index (χ4v) is 5.62. The third-order valence-electron chi connectivity index (χ3n) is 6.30. The SMILES string of the molecule is C=C(C)C(=O)OC1CCC(Oc2ccc3cc(-c4ccc(CC)nc4CC)sc3c2)C1C(F)(F)F. The molecule has 4 rings (SSSR count). The van der Waals surface area contributed by atoms with E-state index in [2.05, 4.69) is 32.6 Å². The number of aryl methyl sites for hydroxylation is 2. The van der Waals surface area contributed by atoms with Gasteiger partial charge in [0.15, 0.2) is 0 Å². The van der Waals surface area contributed by atoms with Crippen molar-refractivity contribution in [2.24, 2.45) is 5.92 Å². The first kappa shape index (κ1) is 25.2. The summed E-state index contributed by atoms with van der Waals surface area (Å²) in [6.45, 7) is 9.01. The van der Waals surface area contributed by atoms with Gasteiger partial charge in [0.1, 0.15) is 23.9 Å². The van der Waals surface area contributed by atoms with E-state index in [4.69, 9.17) is 14.5 Å². The Balaban J connectivity index is 1.58. The molecule has 0 N–H and O–H groups in total. The summed E-state index contributed by atoms with van der Waals surface area (Å²) >= 11 is 1.56. The van der Waals surface area contributed by atoms with Crippen LogP contribution in [0.5, 0.6) is 5.75 Å². The highest BCUT2D eigenvalue weighted by Gasteiger charge is 2.55. The third-order valence-corrected chi connectivity index (χ3v) is 7.43. The minimum Gasteiger partial charge on any atom is -0.490 e. The van der Waals surface area contributed by atoms with Gasteiger partial charge in [-0.1, -0.05) is 20.4 Å². The molecule has 1 fully saturated rings. The molecule has 0 amide bonds. The van der Waals surface area contributed by atoms with Crippen molar-refractivity contribution in [1.29, 1.82) is 0 Å². The molecule has 1 aliphatic carbocycles. The maximum Gasteiger partial charge on any atom is 0.398 e. The second-order valence-electron chi connectivity index (χ2n) is 8.84. The average molecular weight is 504 g/mol. The summed E-state index contributed by atoms with van der Waals surface area (Å²) in [5.74, 6) is -2.34. The van der Waals surface area contributed by atoms with Crippen LogP contribution in [-0.4, -0.2) is 29.3 Å². The number of ether oxygens (including phenoxy) is 2. The van der Waals surface area contributed by atoms with Gasteiger partial charge in [-0.15, -0.1) is 11.3 Å². The number of esters is 1. The average Bonchev–Trinajstić information content (AvgIpc) is 3.41. The molecule has 35 heavy (non-hydrogen) atoms. The van der Waals surface area contributed by atoms with Crippen molar-refractivity contribution in [2.75, 3.05) is 0 Å². The molecular formula is C27H28F3NO3S. The van der Waals surface area contributed by atoms with Crippen molar-refractivity contribution in [2.45, 2.75) is 64.8 Å². The summed E-state index contributed by atoms with van der Waals surface area (Å²) in [6.07, 6.45) is -5.08. The molecule has 0 aliphatic heterocycles. The van der Waals surface area contributed by atoms with Crippen LogP contribution in [0.25, 0.3) is 20.5 Å². The Morgan fingerprint density at radius 1 is 1.11 bits per heavy atom. The molecule has 1 aliphatic rings. The number of carbonyl (C=O) groups excluding carboxylic acids is 1. The molecule has 0 radical (unpaired) electrons. The van der Waals surface area contributed by atoms with Crippen LogP contribution in [0.4, 0.5) is 13.2 Å². The van der Waals surface area contributed by atoms with Crippen molar-refractivity contribution in [1.82, 2.24) is 4.98 Å². The molecule has 2 aromatic heterocycles. The molecule has 186 valence electrons. The predicted octanol–water partition coefficient (Wildman–Crippen LogP) is 7.30. The van der Waals surface area contributed by atoms with E-state index in [-0.39, 0.29) is 18.4 Å². The van der Waals surface area contributed by atoms with E-state index in [0.717, 1.165) is 44.8 Å². The summed E-state index contributed by atoms with van der Waals surface area (Å²) in [5.41, 5.74) is 3.22. The number of pyridine rings is 1. The van der Waals surface area contributed by atoms with E-state index < -0.39 is 30.3 Å². The second-order valence-corrected chi connectivity index (χ2v) is 9.92. The maximum atomic E-state index is 13.9. The zero-order valence-electron chi connectivity index (χ0n) is 19.9. The lowest BCUT2D eigenvalue weighted by Gasteiger charge is -2.27. The normalized spacial score (nSPS) is 20.2. The number of benzene rings is 1. The van der Waals surface area contributed by atoms with Gasteiger partial charge in [-0.25, -0.2) is 4.79 Å². The number of hydrogen-bond acceptors (Lipinski definition) is 5. The van der Waals surface area contributed by atoms with Crippen LogP contribution in [0.15, 0.2) is 48.6 Å². The smallest absolute Gasteiger partial charge is 0.398 e. The quantitative estimate of drug-likeness (QED) is 0.251. The number of aromatic nitrogens is 1. The van der Waals surface area contributed by atoms with E-state index >= 15 is 0 Å². The Hall–Kier alpha value is -2.87. The molecule has 4 nitrogen and oxygen atoms in total. The molecule has 3 atom stereocenters. The molecule has 1 saturated carbocycles. The van der Waals surface area contributed by atoms with Crippen LogP contribution in [0.2, 0.25) is 0 Å². The molecule has 0 saturated heterocycles. The third kappa shape index (κ3) is 5.37. The molecule has 8 heteroatoms. The first-order valence-electron chi connectivity index (χ1n) is 11.7. The highest BCUT2D eigenvalue weighted by molar-refractivity contribution is 7.22. The molecule has 3 unspecified atom stereocenters. The van der Waals surface area contributed by atoms with Gasteiger partial charge in [-0.3, -0.25) is 4.98 Å². The summed E-state index contributed by atoms with van der Waals surface area (Å²) in [7, 11) is 0. The van der Waals surface area contributed by atoms with Gasteiger partial charge in [0.2, 0.25) is 0 Å². The molecule has 1 aromatic carbocycles. The van der Waals surface area contributed by atoms with E-state index in [9.17, 15) is 18.0 Å². The van der Waals surface area contributed by atoms with E-state index in [0.29, 0.717) is 5.75 Å². The van der Waals surface area contributed by atoms with Crippen molar-refractivity contribution in [3.05, 3.63) is 59.9 Å². The van der Waals surface area contributed by atoms with Crippen LogP contribution < -0.4 is 4.74 Å². The molecule has 2 heterocycles. The van der Waals surface area contributed by atoms with Gasteiger partial charge in [-0.2, -0.15) is 13.2 Å². The first-order valence-corrected chi connectivity index (χ1v) is 12.5. The van der Waals surface area contributed by atoms with Crippen molar-refractivity contribution < 1.29 is 27.4 Å². The Bertz CT molecular complexity index is 1250. The first-order chi connectivity index (χ1) is 16.6. The lowest BCUT2D eigenvalue weighted by Crippen LogP contribution is -2.41. The van der Waals surface area contributed by atoms with E-state index in [1.165, 1.54) is 6.92 Å². The highest BCUT2D eigenvalue weighted by atomic mass is 32.1.